The molecule has 9 nitrogen and oxygen atoms in total. The summed E-state index contributed by atoms with van der Waals surface area (Å²) in [4.78, 5) is 39.4. The molecule has 1 amide bonds. The van der Waals surface area contributed by atoms with Crippen molar-refractivity contribution in [3.63, 3.8) is 0 Å². The fourth-order valence-corrected chi connectivity index (χ4v) is 2.24. The molecule has 3 aromatic rings. The van der Waals surface area contributed by atoms with Crippen molar-refractivity contribution in [2.24, 2.45) is 0 Å². The molecule has 0 aliphatic carbocycles. The molecule has 3 rings (SSSR count). The van der Waals surface area contributed by atoms with E-state index >= 15 is 0 Å². The quantitative estimate of drug-likeness (QED) is 0.718. The molecule has 0 bridgehead atoms. The summed E-state index contributed by atoms with van der Waals surface area (Å²) in [5.74, 6) is 0.552. The molecule has 0 radical (unpaired) electrons. The minimum atomic E-state index is -0.561. The van der Waals surface area contributed by atoms with Gasteiger partial charge in [-0.25, -0.2) is 4.98 Å². The maximum atomic E-state index is 12.4. The minimum Gasteiger partial charge on any atom is -0.340 e. The van der Waals surface area contributed by atoms with Crippen LogP contribution in [0.1, 0.15) is 41.5 Å². The van der Waals surface area contributed by atoms with Gasteiger partial charge in [-0.1, -0.05) is 12.1 Å². The van der Waals surface area contributed by atoms with Gasteiger partial charge in [0.05, 0.1) is 0 Å². The zero-order chi connectivity index (χ0) is 17.8. The molecule has 0 spiro atoms. The number of pyridine rings is 1. The first-order chi connectivity index (χ1) is 12.1. The normalized spacial score (nSPS) is 11.9. The van der Waals surface area contributed by atoms with Crippen molar-refractivity contribution in [2.45, 2.75) is 26.3 Å². The number of aromatic nitrogens is 5. The Balaban J connectivity index is 1.81. The number of rotatable bonds is 5. The second-order valence-corrected chi connectivity index (χ2v) is 5.33. The predicted molar refractivity (Wildman–Crippen MR) is 87.6 cm³/mol. The molecule has 1 atom stereocenters. The van der Waals surface area contributed by atoms with Crippen molar-refractivity contribution in [2.75, 3.05) is 0 Å². The third kappa shape index (κ3) is 3.60. The lowest BCUT2D eigenvalue weighted by molar-refractivity contribution is 0.0925. The van der Waals surface area contributed by atoms with Crippen molar-refractivity contribution in [1.82, 2.24) is 30.4 Å². The topological polar surface area (TPSA) is 127 Å². The fraction of sp³-hybridized carbons (Fsp3) is 0.250. The van der Waals surface area contributed by atoms with Gasteiger partial charge in [-0.05, 0) is 25.5 Å². The third-order valence-corrected chi connectivity index (χ3v) is 3.53. The Kier molecular flexibility index (Phi) is 4.64. The highest BCUT2D eigenvalue weighted by molar-refractivity contribution is 5.93. The molecule has 3 heterocycles. The van der Waals surface area contributed by atoms with Crippen LogP contribution in [0.4, 0.5) is 0 Å². The number of nitrogens with one attached hydrogen (secondary N) is 2. The monoisotopic (exact) mass is 340 g/mol. The highest BCUT2D eigenvalue weighted by Gasteiger charge is 2.21. The number of hydrogen-bond acceptors (Lipinski definition) is 7. The van der Waals surface area contributed by atoms with Crippen LogP contribution in [0.5, 0.6) is 0 Å². The molecule has 2 N–H and O–H groups in total. The average molecular weight is 340 g/mol. The van der Waals surface area contributed by atoms with E-state index < -0.39 is 17.5 Å². The Labute approximate surface area is 142 Å². The summed E-state index contributed by atoms with van der Waals surface area (Å²) in [5.41, 5.74) is 0.0181. The molecular formula is C16H16N6O3. The maximum absolute atomic E-state index is 12.4. The van der Waals surface area contributed by atoms with Gasteiger partial charge in [-0.15, -0.1) is 0 Å². The van der Waals surface area contributed by atoms with E-state index in [1.165, 1.54) is 6.20 Å². The van der Waals surface area contributed by atoms with Crippen molar-refractivity contribution in [1.29, 1.82) is 0 Å². The first-order valence-corrected chi connectivity index (χ1v) is 7.69. The molecule has 0 aliphatic heterocycles. The standard InChI is InChI=1S/C16H16N6O3/c1-3-12(16-19-9(2)22-25-16)20-14(23)11-8-18-13(21-15(11)24)10-5-4-6-17-7-10/h4-8,12H,3H2,1-2H3,(H,20,23)(H,18,21,24)/t12-/m0/s1. The molecule has 3 aromatic heterocycles. The van der Waals surface area contributed by atoms with E-state index in [4.69, 9.17) is 4.52 Å². The summed E-state index contributed by atoms with van der Waals surface area (Å²) < 4.78 is 5.08. The van der Waals surface area contributed by atoms with Gasteiger partial charge >= 0.3 is 0 Å². The van der Waals surface area contributed by atoms with Crippen molar-refractivity contribution in [3.05, 3.63) is 58.4 Å². The molecule has 0 fully saturated rings. The molecule has 0 aromatic carbocycles. The number of aryl methyl sites for hydroxylation is 1. The number of hydrogen-bond donors (Lipinski definition) is 2. The smallest absolute Gasteiger partial charge is 0.264 e. The van der Waals surface area contributed by atoms with Crippen LogP contribution in [-0.4, -0.2) is 31.0 Å². The number of carbonyl (C=O) groups excluding carboxylic acids is 1. The van der Waals surface area contributed by atoms with Gasteiger partial charge in [0.15, 0.2) is 5.82 Å². The molecule has 9 heteroatoms. The zero-order valence-corrected chi connectivity index (χ0v) is 13.7. The summed E-state index contributed by atoms with van der Waals surface area (Å²) in [7, 11) is 0. The molecule has 25 heavy (non-hydrogen) atoms. The van der Waals surface area contributed by atoms with E-state index in [0.717, 1.165) is 0 Å². The Morgan fingerprint density at radius 3 is 2.84 bits per heavy atom. The van der Waals surface area contributed by atoms with Crippen LogP contribution in [0.3, 0.4) is 0 Å². The maximum Gasteiger partial charge on any atom is 0.264 e. The van der Waals surface area contributed by atoms with E-state index in [-0.39, 0.29) is 5.56 Å². The van der Waals surface area contributed by atoms with Gasteiger partial charge < -0.3 is 14.8 Å². The number of nitrogens with zero attached hydrogens (tertiary/aromatic N) is 4. The Morgan fingerprint density at radius 1 is 1.40 bits per heavy atom. The van der Waals surface area contributed by atoms with E-state index in [0.29, 0.717) is 29.5 Å². The first kappa shape index (κ1) is 16.5. The summed E-state index contributed by atoms with van der Waals surface area (Å²) in [6, 6.07) is 3.01. The van der Waals surface area contributed by atoms with Crippen LogP contribution in [-0.2, 0) is 0 Å². The van der Waals surface area contributed by atoms with Crippen molar-refractivity contribution >= 4 is 5.91 Å². The van der Waals surface area contributed by atoms with Gasteiger partial charge in [0.25, 0.3) is 11.5 Å². The lowest BCUT2D eigenvalue weighted by atomic mass is 10.2. The van der Waals surface area contributed by atoms with Crippen LogP contribution in [0.2, 0.25) is 0 Å². The van der Waals surface area contributed by atoms with Crippen LogP contribution in [0.25, 0.3) is 11.4 Å². The summed E-state index contributed by atoms with van der Waals surface area (Å²) in [6.45, 7) is 3.55. The lowest BCUT2D eigenvalue weighted by Gasteiger charge is -2.12. The van der Waals surface area contributed by atoms with Gasteiger partial charge in [-0.2, -0.15) is 4.98 Å². The number of carbonyl (C=O) groups is 1. The third-order valence-electron chi connectivity index (χ3n) is 3.53. The van der Waals surface area contributed by atoms with Crippen LogP contribution >= 0.6 is 0 Å². The fourth-order valence-electron chi connectivity index (χ4n) is 2.24. The van der Waals surface area contributed by atoms with Gasteiger partial charge in [0.1, 0.15) is 17.4 Å². The Hall–Kier alpha value is -3.36. The van der Waals surface area contributed by atoms with Gasteiger partial charge in [0, 0.05) is 24.2 Å². The molecular weight excluding hydrogens is 324 g/mol. The van der Waals surface area contributed by atoms with Crippen LogP contribution < -0.4 is 10.9 Å². The first-order valence-electron chi connectivity index (χ1n) is 7.69. The van der Waals surface area contributed by atoms with E-state index in [1.807, 2.05) is 6.92 Å². The largest absolute Gasteiger partial charge is 0.340 e. The van der Waals surface area contributed by atoms with Gasteiger partial charge in [0.2, 0.25) is 5.89 Å². The predicted octanol–water partition coefficient (Wildman–Crippen LogP) is 1.40. The highest BCUT2D eigenvalue weighted by atomic mass is 16.5. The average Bonchev–Trinajstić information content (AvgIpc) is 3.06. The number of H-pyrrole nitrogens is 1. The van der Waals surface area contributed by atoms with Crippen molar-refractivity contribution in [3.8, 4) is 11.4 Å². The Morgan fingerprint density at radius 2 is 2.24 bits per heavy atom. The van der Waals surface area contributed by atoms with Crippen molar-refractivity contribution < 1.29 is 9.32 Å². The van der Waals surface area contributed by atoms with Crippen LogP contribution in [0, 0.1) is 6.92 Å². The molecule has 0 unspecified atom stereocenters. The second kappa shape index (κ2) is 7.04. The minimum absolute atomic E-state index is 0.0951. The Bertz CT molecular complexity index is 934. The second-order valence-electron chi connectivity index (χ2n) is 5.33. The highest BCUT2D eigenvalue weighted by Crippen LogP contribution is 2.15. The SMILES string of the molecule is CC[C@H](NC(=O)c1cnc(-c2cccnc2)[nH]c1=O)c1nc(C)no1. The summed E-state index contributed by atoms with van der Waals surface area (Å²) in [5, 5.41) is 6.41. The number of amides is 1. The van der Waals surface area contributed by atoms with E-state index in [9.17, 15) is 9.59 Å². The van der Waals surface area contributed by atoms with E-state index in [2.05, 4.69) is 30.4 Å². The molecule has 0 saturated carbocycles. The zero-order valence-electron chi connectivity index (χ0n) is 13.7. The molecule has 128 valence electrons. The molecule has 0 saturated heterocycles. The van der Waals surface area contributed by atoms with Gasteiger partial charge in [-0.3, -0.25) is 14.6 Å². The lowest BCUT2D eigenvalue weighted by Crippen LogP contribution is -2.33. The molecule has 0 aliphatic rings. The van der Waals surface area contributed by atoms with Crippen LogP contribution in [0.15, 0.2) is 40.0 Å². The van der Waals surface area contributed by atoms with E-state index in [1.54, 1.807) is 31.5 Å². The summed E-state index contributed by atoms with van der Waals surface area (Å²) >= 11 is 0. The summed E-state index contributed by atoms with van der Waals surface area (Å²) in [6.07, 6.45) is 4.96. The number of aromatic amines is 1.